The van der Waals surface area contributed by atoms with E-state index < -0.39 is 18.0 Å². The zero-order chi connectivity index (χ0) is 17.9. The van der Waals surface area contributed by atoms with Crippen LogP contribution in [0.2, 0.25) is 5.02 Å². The van der Waals surface area contributed by atoms with Crippen LogP contribution in [0, 0.1) is 0 Å². The molecular weight excluding hydrogens is 332 g/mol. The van der Waals surface area contributed by atoms with Gasteiger partial charge >= 0.3 is 11.9 Å². The average molecular weight is 355 g/mol. The van der Waals surface area contributed by atoms with Crippen LogP contribution in [0.3, 0.4) is 0 Å². The topological polar surface area (TPSA) is 105 Å². The van der Waals surface area contributed by atoms with Crippen LogP contribution in [-0.2, 0) is 20.7 Å². The van der Waals surface area contributed by atoms with Crippen molar-refractivity contribution in [1.82, 2.24) is 0 Å². The predicted molar refractivity (Wildman–Crippen MR) is 92.8 cm³/mol. The van der Waals surface area contributed by atoms with Gasteiger partial charge in [0.1, 0.15) is 18.4 Å². The molecule has 1 rings (SSSR count). The minimum absolute atomic E-state index is 0.0806. The highest BCUT2D eigenvalue weighted by Gasteiger charge is 2.19. The fourth-order valence-electron chi connectivity index (χ4n) is 1.94. The molecule has 0 aliphatic heterocycles. The van der Waals surface area contributed by atoms with E-state index in [2.05, 4.69) is 6.58 Å². The Morgan fingerprint density at radius 1 is 1.33 bits per heavy atom. The molecule has 0 amide bonds. The van der Waals surface area contributed by atoms with Gasteiger partial charge in [-0.25, -0.2) is 4.79 Å². The number of hydrogen-bond donors (Lipinski definition) is 2. The first-order valence-corrected chi connectivity index (χ1v) is 8.08. The van der Waals surface area contributed by atoms with Crippen molar-refractivity contribution in [3.05, 3.63) is 41.4 Å². The van der Waals surface area contributed by atoms with Crippen LogP contribution in [0.5, 0.6) is 5.75 Å². The number of carbonyl (C=O) groups excluding carboxylic acids is 2. The Kier molecular flexibility index (Phi) is 9.07. The van der Waals surface area contributed by atoms with Gasteiger partial charge in [-0.1, -0.05) is 36.7 Å². The Hall–Kier alpha value is -1.89. The number of esters is 2. The molecule has 0 saturated heterocycles. The summed E-state index contributed by atoms with van der Waals surface area (Å²) in [5.41, 5.74) is 11.7. The summed E-state index contributed by atoms with van der Waals surface area (Å²) in [5.74, 6) is -0.911. The minimum atomic E-state index is -0.821. The molecular formula is C17H23ClN2O4. The summed E-state index contributed by atoms with van der Waals surface area (Å²) in [6, 6.07) is 4.10. The molecule has 0 spiro atoms. The van der Waals surface area contributed by atoms with Crippen LogP contribution in [0.15, 0.2) is 30.9 Å². The molecule has 0 aliphatic rings. The number of ether oxygens (including phenoxy) is 2. The molecule has 0 aliphatic carbocycles. The molecule has 0 saturated carbocycles. The summed E-state index contributed by atoms with van der Waals surface area (Å²) in [6.45, 7) is 4.42. The molecule has 0 aromatic heterocycles. The van der Waals surface area contributed by atoms with Crippen LogP contribution in [0.1, 0.15) is 24.8 Å². The van der Waals surface area contributed by atoms with Crippen LogP contribution < -0.4 is 16.2 Å². The first kappa shape index (κ1) is 20.2. The van der Waals surface area contributed by atoms with Gasteiger partial charge in [0.2, 0.25) is 0 Å². The van der Waals surface area contributed by atoms with E-state index in [-0.39, 0.29) is 6.42 Å². The lowest BCUT2D eigenvalue weighted by Crippen LogP contribution is -2.34. The van der Waals surface area contributed by atoms with Crippen molar-refractivity contribution < 1.29 is 19.1 Å². The van der Waals surface area contributed by atoms with E-state index in [1.165, 1.54) is 0 Å². The zero-order valence-electron chi connectivity index (χ0n) is 13.5. The monoisotopic (exact) mass is 354 g/mol. The van der Waals surface area contributed by atoms with E-state index in [0.717, 1.165) is 6.42 Å². The molecule has 1 aromatic carbocycles. The largest absolute Gasteiger partial charge is 0.488 e. The molecule has 0 heterocycles. The van der Waals surface area contributed by atoms with Crippen molar-refractivity contribution in [2.24, 2.45) is 11.5 Å². The second-order valence-corrected chi connectivity index (χ2v) is 5.63. The van der Waals surface area contributed by atoms with Gasteiger partial charge < -0.3 is 20.9 Å². The first-order valence-electron chi connectivity index (χ1n) is 7.70. The maximum atomic E-state index is 11.8. The minimum Gasteiger partial charge on any atom is -0.488 e. The quantitative estimate of drug-likeness (QED) is 0.288. The Morgan fingerprint density at radius 2 is 2.08 bits per heavy atom. The highest BCUT2D eigenvalue weighted by Crippen LogP contribution is 2.25. The van der Waals surface area contributed by atoms with Crippen molar-refractivity contribution in [2.45, 2.75) is 31.7 Å². The Morgan fingerprint density at radius 3 is 2.71 bits per heavy atom. The number of carbonyl (C=O) groups is 2. The maximum absolute atomic E-state index is 11.8. The molecule has 0 radical (unpaired) electrons. The lowest BCUT2D eigenvalue weighted by molar-refractivity contribution is -0.160. The van der Waals surface area contributed by atoms with Gasteiger partial charge in [-0.2, -0.15) is 0 Å². The third-order valence-electron chi connectivity index (χ3n) is 3.19. The van der Waals surface area contributed by atoms with Crippen LogP contribution in [0.25, 0.3) is 0 Å². The summed E-state index contributed by atoms with van der Waals surface area (Å²) in [5, 5.41) is 0.368. The number of unbranched alkanes of at least 4 members (excludes halogenated alkanes) is 1. The molecule has 6 nitrogen and oxygen atoms in total. The zero-order valence-corrected chi connectivity index (χ0v) is 14.3. The highest BCUT2D eigenvalue weighted by molar-refractivity contribution is 6.32. The van der Waals surface area contributed by atoms with E-state index in [0.29, 0.717) is 42.3 Å². The van der Waals surface area contributed by atoms with Crippen molar-refractivity contribution in [2.75, 3.05) is 13.2 Å². The number of benzene rings is 1. The summed E-state index contributed by atoms with van der Waals surface area (Å²) >= 11 is 6.07. The number of hydrogen-bond acceptors (Lipinski definition) is 6. The SMILES string of the molecule is C=CCOc1ccc(CC(=O)OC(=O)[C@@H](N)CCCCN)cc1Cl. The van der Waals surface area contributed by atoms with E-state index in [1.54, 1.807) is 24.3 Å². The molecule has 0 bridgehead atoms. The smallest absolute Gasteiger partial charge is 0.330 e. The number of rotatable bonds is 10. The summed E-state index contributed by atoms with van der Waals surface area (Å²) in [4.78, 5) is 23.5. The van der Waals surface area contributed by atoms with E-state index >= 15 is 0 Å². The van der Waals surface area contributed by atoms with Crippen molar-refractivity contribution in [3.63, 3.8) is 0 Å². The van der Waals surface area contributed by atoms with Gasteiger partial charge in [-0.05, 0) is 37.1 Å². The summed E-state index contributed by atoms with van der Waals surface area (Å²) < 4.78 is 10.1. The van der Waals surface area contributed by atoms with Gasteiger partial charge in [0, 0.05) is 0 Å². The van der Waals surface area contributed by atoms with Gasteiger partial charge in [0.25, 0.3) is 0 Å². The average Bonchev–Trinajstić information content (AvgIpc) is 2.54. The molecule has 1 atom stereocenters. The van der Waals surface area contributed by atoms with E-state index in [9.17, 15) is 9.59 Å². The van der Waals surface area contributed by atoms with Gasteiger partial charge in [-0.3, -0.25) is 4.79 Å². The molecule has 0 fully saturated rings. The Balaban J connectivity index is 2.51. The van der Waals surface area contributed by atoms with Crippen molar-refractivity contribution in [1.29, 1.82) is 0 Å². The number of nitrogens with two attached hydrogens (primary N) is 2. The van der Waals surface area contributed by atoms with Gasteiger partial charge in [0.15, 0.2) is 0 Å². The second kappa shape index (κ2) is 10.8. The fraction of sp³-hybridized carbons (Fsp3) is 0.412. The predicted octanol–water partition coefficient (Wildman–Crippen LogP) is 1.97. The standard InChI is InChI=1S/C17H23ClN2O4/c1-2-9-23-15-7-6-12(10-13(15)18)11-16(21)24-17(22)14(20)5-3-4-8-19/h2,6-7,10,14H,1,3-5,8-9,11,19-20H2/t14-/m0/s1. The van der Waals surface area contributed by atoms with Crippen LogP contribution in [-0.4, -0.2) is 31.1 Å². The van der Waals surface area contributed by atoms with Crippen molar-refractivity contribution >= 4 is 23.5 Å². The molecule has 0 unspecified atom stereocenters. The van der Waals surface area contributed by atoms with E-state index in [4.69, 9.17) is 32.5 Å². The van der Waals surface area contributed by atoms with Crippen LogP contribution >= 0.6 is 11.6 Å². The third-order valence-corrected chi connectivity index (χ3v) is 3.48. The fourth-order valence-corrected chi connectivity index (χ4v) is 2.19. The Labute approximate surface area is 146 Å². The summed E-state index contributed by atoms with van der Waals surface area (Å²) in [7, 11) is 0. The number of halogens is 1. The van der Waals surface area contributed by atoms with E-state index in [1.807, 2.05) is 0 Å². The normalized spacial score (nSPS) is 11.6. The second-order valence-electron chi connectivity index (χ2n) is 5.23. The molecule has 1 aromatic rings. The molecule has 4 N–H and O–H groups in total. The maximum Gasteiger partial charge on any atom is 0.330 e. The highest BCUT2D eigenvalue weighted by atomic mass is 35.5. The molecule has 7 heteroatoms. The third kappa shape index (κ3) is 7.12. The molecule has 24 heavy (non-hydrogen) atoms. The lowest BCUT2D eigenvalue weighted by atomic mass is 10.1. The van der Waals surface area contributed by atoms with Gasteiger partial charge in [-0.15, -0.1) is 0 Å². The lowest BCUT2D eigenvalue weighted by Gasteiger charge is -2.10. The first-order chi connectivity index (χ1) is 11.5. The summed E-state index contributed by atoms with van der Waals surface area (Å²) in [6.07, 6.45) is 3.44. The van der Waals surface area contributed by atoms with Crippen molar-refractivity contribution in [3.8, 4) is 5.75 Å². The Bertz CT molecular complexity index is 578. The molecule has 132 valence electrons. The van der Waals surface area contributed by atoms with Crippen LogP contribution in [0.4, 0.5) is 0 Å². The van der Waals surface area contributed by atoms with Gasteiger partial charge in [0.05, 0.1) is 11.4 Å².